The molecule has 0 radical (unpaired) electrons. The van der Waals surface area contributed by atoms with Gasteiger partial charge < -0.3 is 14.7 Å². The van der Waals surface area contributed by atoms with Crippen LogP contribution in [-0.2, 0) is 11.3 Å². The zero-order valence-electron chi connectivity index (χ0n) is 18.6. The molecule has 0 saturated carbocycles. The lowest BCUT2D eigenvalue weighted by molar-refractivity contribution is -0.138. The third-order valence-electron chi connectivity index (χ3n) is 7.30. The lowest BCUT2D eigenvalue weighted by Crippen LogP contribution is -2.50. The van der Waals surface area contributed by atoms with E-state index >= 15 is 0 Å². The van der Waals surface area contributed by atoms with E-state index in [1.165, 1.54) is 12.1 Å². The molecular formula is C26H28FN3O3. The predicted molar refractivity (Wildman–Crippen MR) is 121 cm³/mol. The Balaban J connectivity index is 1.12. The minimum Gasteiger partial charge on any atom is -0.342 e. The third-order valence-corrected chi connectivity index (χ3v) is 7.30. The van der Waals surface area contributed by atoms with Gasteiger partial charge in [-0.25, -0.2) is 4.39 Å². The van der Waals surface area contributed by atoms with Crippen molar-refractivity contribution >= 4 is 17.7 Å². The fraction of sp³-hybridized carbons (Fsp3) is 0.423. The van der Waals surface area contributed by atoms with Crippen LogP contribution in [0.15, 0.2) is 48.5 Å². The maximum Gasteiger partial charge on any atom is 0.256 e. The smallest absolute Gasteiger partial charge is 0.256 e. The first-order valence-electron chi connectivity index (χ1n) is 11.7. The standard InChI is InChI=1S/C26H28FN3O3/c27-23-8-4-3-7-22(23)25(32)29-13-9-18(10-14-29)24(31)28-15-11-20(12-16-28)30-17-19-5-1-2-6-21(19)26(30)33/h1-8,18,20H,9-17H2. The molecular weight excluding hydrogens is 421 g/mol. The molecule has 2 saturated heterocycles. The average molecular weight is 450 g/mol. The second-order valence-corrected chi connectivity index (χ2v) is 9.19. The number of fused-ring (bicyclic) bond motifs is 1. The van der Waals surface area contributed by atoms with Crippen molar-refractivity contribution in [3.05, 3.63) is 71.0 Å². The van der Waals surface area contributed by atoms with Gasteiger partial charge in [-0.2, -0.15) is 0 Å². The van der Waals surface area contributed by atoms with E-state index in [1.54, 1.807) is 17.0 Å². The molecule has 172 valence electrons. The Bertz CT molecular complexity index is 1070. The molecule has 2 aromatic rings. The van der Waals surface area contributed by atoms with Crippen molar-refractivity contribution in [1.82, 2.24) is 14.7 Å². The van der Waals surface area contributed by atoms with Gasteiger partial charge >= 0.3 is 0 Å². The Kier molecular flexibility index (Phi) is 5.87. The van der Waals surface area contributed by atoms with Gasteiger partial charge in [0, 0.05) is 50.2 Å². The van der Waals surface area contributed by atoms with E-state index in [4.69, 9.17) is 0 Å². The summed E-state index contributed by atoms with van der Waals surface area (Å²) < 4.78 is 14.0. The summed E-state index contributed by atoms with van der Waals surface area (Å²) >= 11 is 0. The van der Waals surface area contributed by atoms with Gasteiger partial charge in [0.25, 0.3) is 11.8 Å². The van der Waals surface area contributed by atoms with Gasteiger partial charge in [0.05, 0.1) is 5.56 Å². The minimum absolute atomic E-state index is 0.0861. The number of benzene rings is 2. The third kappa shape index (κ3) is 4.12. The summed E-state index contributed by atoms with van der Waals surface area (Å²) in [6, 6.07) is 13.9. The number of rotatable bonds is 3. The molecule has 33 heavy (non-hydrogen) atoms. The molecule has 5 rings (SSSR count). The summed E-state index contributed by atoms with van der Waals surface area (Å²) in [5.74, 6) is -0.687. The van der Waals surface area contributed by atoms with Crippen molar-refractivity contribution in [2.75, 3.05) is 26.2 Å². The molecule has 0 atom stereocenters. The number of hydrogen-bond donors (Lipinski definition) is 0. The monoisotopic (exact) mass is 449 g/mol. The van der Waals surface area contributed by atoms with Crippen LogP contribution in [0.4, 0.5) is 4.39 Å². The summed E-state index contributed by atoms with van der Waals surface area (Å²) in [7, 11) is 0. The maximum absolute atomic E-state index is 14.0. The molecule has 0 aromatic heterocycles. The fourth-order valence-electron chi connectivity index (χ4n) is 5.36. The second-order valence-electron chi connectivity index (χ2n) is 9.19. The molecule has 0 bridgehead atoms. The number of piperidine rings is 2. The molecule has 0 aliphatic carbocycles. The van der Waals surface area contributed by atoms with Crippen LogP contribution in [-0.4, -0.2) is 64.6 Å². The highest BCUT2D eigenvalue weighted by atomic mass is 19.1. The van der Waals surface area contributed by atoms with Crippen LogP contribution in [0.3, 0.4) is 0 Å². The number of carbonyl (C=O) groups excluding carboxylic acids is 3. The van der Waals surface area contributed by atoms with Crippen LogP contribution in [0, 0.1) is 11.7 Å². The molecule has 3 amide bonds. The van der Waals surface area contributed by atoms with Gasteiger partial charge in [0.15, 0.2) is 0 Å². The van der Waals surface area contributed by atoms with Crippen molar-refractivity contribution in [3.8, 4) is 0 Å². The first kappa shape index (κ1) is 21.6. The van der Waals surface area contributed by atoms with Crippen LogP contribution in [0.2, 0.25) is 0 Å². The number of nitrogens with zero attached hydrogens (tertiary/aromatic N) is 3. The molecule has 2 fully saturated rings. The van der Waals surface area contributed by atoms with E-state index in [2.05, 4.69) is 0 Å². The van der Waals surface area contributed by atoms with Gasteiger partial charge in [-0.1, -0.05) is 30.3 Å². The van der Waals surface area contributed by atoms with Crippen molar-refractivity contribution in [1.29, 1.82) is 0 Å². The highest BCUT2D eigenvalue weighted by Gasteiger charge is 2.37. The van der Waals surface area contributed by atoms with Crippen molar-refractivity contribution in [2.45, 2.75) is 38.3 Å². The second kappa shape index (κ2) is 8.96. The Hall–Kier alpha value is -3.22. The van der Waals surface area contributed by atoms with E-state index in [1.807, 2.05) is 34.1 Å². The summed E-state index contributed by atoms with van der Waals surface area (Å²) in [4.78, 5) is 44.0. The van der Waals surface area contributed by atoms with E-state index in [9.17, 15) is 18.8 Å². The molecule has 0 unspecified atom stereocenters. The number of amides is 3. The van der Waals surface area contributed by atoms with Crippen molar-refractivity contribution in [2.24, 2.45) is 5.92 Å². The number of carbonyl (C=O) groups is 3. The van der Waals surface area contributed by atoms with E-state index in [-0.39, 0.29) is 35.2 Å². The van der Waals surface area contributed by atoms with Gasteiger partial charge in [0.1, 0.15) is 5.82 Å². The van der Waals surface area contributed by atoms with Gasteiger partial charge in [0.2, 0.25) is 5.91 Å². The topological polar surface area (TPSA) is 60.9 Å². The summed E-state index contributed by atoms with van der Waals surface area (Å²) in [5.41, 5.74) is 1.97. The maximum atomic E-state index is 14.0. The Morgan fingerprint density at radius 3 is 2.15 bits per heavy atom. The van der Waals surface area contributed by atoms with Crippen molar-refractivity contribution in [3.63, 3.8) is 0 Å². The molecule has 6 nitrogen and oxygen atoms in total. The highest BCUT2D eigenvalue weighted by molar-refractivity contribution is 5.98. The number of likely N-dealkylation sites (tertiary alicyclic amines) is 2. The molecule has 3 aliphatic rings. The zero-order chi connectivity index (χ0) is 22.9. The average Bonchev–Trinajstić information content (AvgIpc) is 3.20. The van der Waals surface area contributed by atoms with Crippen LogP contribution >= 0.6 is 0 Å². The lowest BCUT2D eigenvalue weighted by atomic mass is 9.93. The van der Waals surface area contributed by atoms with Crippen LogP contribution in [0.5, 0.6) is 0 Å². The summed E-state index contributed by atoms with van der Waals surface area (Å²) in [5, 5.41) is 0. The molecule has 3 aliphatic heterocycles. The SMILES string of the molecule is O=C(c1ccccc1F)N1CCC(C(=O)N2CCC(N3Cc4ccccc4C3=O)CC2)CC1. The van der Waals surface area contributed by atoms with E-state index in [0.29, 0.717) is 45.6 Å². The number of hydrogen-bond acceptors (Lipinski definition) is 3. The molecule has 0 spiro atoms. The highest BCUT2D eigenvalue weighted by Crippen LogP contribution is 2.30. The largest absolute Gasteiger partial charge is 0.342 e. The fourth-order valence-corrected chi connectivity index (χ4v) is 5.36. The molecule has 3 heterocycles. The number of halogens is 1. The minimum atomic E-state index is -0.511. The molecule has 0 N–H and O–H groups in total. The molecule has 7 heteroatoms. The van der Waals surface area contributed by atoms with Crippen LogP contribution in [0.1, 0.15) is 52.0 Å². The Morgan fingerprint density at radius 2 is 1.45 bits per heavy atom. The van der Waals surface area contributed by atoms with E-state index < -0.39 is 5.82 Å². The van der Waals surface area contributed by atoms with Gasteiger partial charge in [-0.05, 0) is 49.4 Å². The van der Waals surface area contributed by atoms with Crippen LogP contribution in [0.25, 0.3) is 0 Å². The van der Waals surface area contributed by atoms with Gasteiger partial charge in [-0.15, -0.1) is 0 Å². The van der Waals surface area contributed by atoms with Crippen molar-refractivity contribution < 1.29 is 18.8 Å². The first-order chi connectivity index (χ1) is 16.0. The Labute approximate surface area is 193 Å². The zero-order valence-corrected chi connectivity index (χ0v) is 18.6. The quantitative estimate of drug-likeness (QED) is 0.722. The van der Waals surface area contributed by atoms with E-state index in [0.717, 1.165) is 24.0 Å². The lowest BCUT2D eigenvalue weighted by Gasteiger charge is -2.39. The predicted octanol–water partition coefficient (Wildman–Crippen LogP) is 3.32. The summed E-state index contributed by atoms with van der Waals surface area (Å²) in [6.45, 7) is 2.87. The molecule has 2 aromatic carbocycles. The summed E-state index contributed by atoms with van der Waals surface area (Å²) in [6.07, 6.45) is 2.77. The Morgan fingerprint density at radius 1 is 0.818 bits per heavy atom. The van der Waals surface area contributed by atoms with Gasteiger partial charge in [-0.3, -0.25) is 14.4 Å². The first-order valence-corrected chi connectivity index (χ1v) is 11.7. The van der Waals surface area contributed by atoms with Crippen LogP contribution < -0.4 is 0 Å². The normalized spacial score (nSPS) is 19.7.